The van der Waals surface area contributed by atoms with Gasteiger partial charge in [0.15, 0.2) is 0 Å². The zero-order valence-electron chi connectivity index (χ0n) is 19.4. The molecule has 1 fully saturated rings. The van der Waals surface area contributed by atoms with Crippen LogP contribution in [0.2, 0.25) is 0 Å². The Morgan fingerprint density at radius 1 is 1.24 bits per heavy atom. The summed E-state index contributed by atoms with van der Waals surface area (Å²) in [5.41, 5.74) is 4.23. The van der Waals surface area contributed by atoms with Crippen molar-refractivity contribution in [3.63, 3.8) is 0 Å². The van der Waals surface area contributed by atoms with Crippen LogP contribution in [0.1, 0.15) is 41.3 Å². The van der Waals surface area contributed by atoms with E-state index >= 15 is 0 Å². The van der Waals surface area contributed by atoms with Crippen LogP contribution in [0, 0.1) is 6.92 Å². The Morgan fingerprint density at radius 3 is 2.88 bits per heavy atom. The van der Waals surface area contributed by atoms with Crippen molar-refractivity contribution in [3.8, 4) is 5.75 Å². The van der Waals surface area contributed by atoms with Crippen LogP contribution in [0.5, 0.6) is 5.75 Å². The lowest BCUT2D eigenvalue weighted by molar-refractivity contribution is -0.140. The second kappa shape index (κ2) is 8.99. The van der Waals surface area contributed by atoms with E-state index < -0.39 is 17.7 Å². The molecule has 5 rings (SSSR count). The molecule has 0 spiro atoms. The number of H-pyrrole nitrogens is 1. The first kappa shape index (κ1) is 22.2. The number of aryl methyl sites for hydroxylation is 2. The molecule has 1 atom stereocenters. The number of ether oxygens (including phenoxy) is 2. The van der Waals surface area contributed by atoms with Crippen molar-refractivity contribution >= 4 is 28.4 Å². The molecule has 0 saturated carbocycles. The van der Waals surface area contributed by atoms with Crippen molar-refractivity contribution < 1.29 is 24.2 Å². The topological polar surface area (TPSA) is 91.9 Å². The molecule has 1 aromatic heterocycles. The van der Waals surface area contributed by atoms with Crippen LogP contribution in [-0.4, -0.2) is 53.5 Å². The van der Waals surface area contributed by atoms with Crippen molar-refractivity contribution in [2.45, 2.75) is 32.2 Å². The Bertz CT molecular complexity index is 1310. The Hall–Kier alpha value is -3.58. The van der Waals surface area contributed by atoms with Gasteiger partial charge in [-0.25, -0.2) is 0 Å². The molecule has 1 amide bonds. The first-order valence-electron chi connectivity index (χ1n) is 11.6. The first-order valence-corrected chi connectivity index (χ1v) is 11.6. The number of amides is 1. The maximum Gasteiger partial charge on any atom is 0.295 e. The fourth-order valence-corrected chi connectivity index (χ4v) is 5.10. The third-order valence-electron chi connectivity index (χ3n) is 6.69. The van der Waals surface area contributed by atoms with Crippen molar-refractivity contribution in [3.05, 3.63) is 70.4 Å². The van der Waals surface area contributed by atoms with Gasteiger partial charge < -0.3 is 24.5 Å². The highest BCUT2D eigenvalue weighted by Gasteiger charge is 2.47. The van der Waals surface area contributed by atoms with Gasteiger partial charge in [-0.15, -0.1) is 0 Å². The number of rotatable bonds is 6. The van der Waals surface area contributed by atoms with E-state index in [0.29, 0.717) is 31.7 Å². The van der Waals surface area contributed by atoms with Crippen molar-refractivity contribution in [1.82, 2.24) is 9.88 Å². The number of aromatic nitrogens is 1. The Kier molecular flexibility index (Phi) is 5.87. The van der Waals surface area contributed by atoms with Gasteiger partial charge in [0.1, 0.15) is 11.5 Å². The van der Waals surface area contributed by atoms with Gasteiger partial charge in [0.2, 0.25) is 0 Å². The van der Waals surface area contributed by atoms with Gasteiger partial charge in [-0.1, -0.05) is 18.2 Å². The lowest BCUT2D eigenvalue weighted by Gasteiger charge is -2.26. The normalized spacial score (nSPS) is 19.5. The molecule has 0 bridgehead atoms. The standard InChI is InChI=1S/C27H28N2O5/c1-16-22(19-8-3-4-9-20(19)28-16)24-23(26(31)27(32)29(24)12-6-13-33-2)25(30)18-10-11-21-17(15-18)7-5-14-34-21/h3-4,8-11,15,24,28,30H,5-7,12-14H2,1-2H3/b25-23+. The molecule has 7 nitrogen and oxygen atoms in total. The molecule has 2 N–H and O–H groups in total. The lowest BCUT2D eigenvalue weighted by Crippen LogP contribution is -2.31. The summed E-state index contributed by atoms with van der Waals surface area (Å²) < 4.78 is 10.9. The molecule has 1 unspecified atom stereocenters. The minimum atomic E-state index is -0.694. The number of aromatic amines is 1. The number of hydrogen-bond acceptors (Lipinski definition) is 5. The van der Waals surface area contributed by atoms with E-state index in [4.69, 9.17) is 9.47 Å². The van der Waals surface area contributed by atoms with E-state index in [2.05, 4.69) is 4.98 Å². The summed E-state index contributed by atoms with van der Waals surface area (Å²) in [6.07, 6.45) is 2.32. The summed E-state index contributed by atoms with van der Waals surface area (Å²) in [5, 5.41) is 12.4. The zero-order valence-corrected chi connectivity index (χ0v) is 19.4. The summed E-state index contributed by atoms with van der Waals surface area (Å²) in [6, 6.07) is 12.5. The average molecular weight is 461 g/mol. The van der Waals surface area contributed by atoms with Crippen molar-refractivity contribution in [1.29, 1.82) is 0 Å². The number of nitrogens with zero attached hydrogens (tertiary/aromatic N) is 1. The lowest BCUT2D eigenvalue weighted by atomic mass is 9.92. The number of para-hydroxylation sites is 1. The minimum Gasteiger partial charge on any atom is -0.507 e. The molecular formula is C27H28N2O5. The Labute approximate surface area is 198 Å². The highest BCUT2D eigenvalue weighted by atomic mass is 16.5. The summed E-state index contributed by atoms with van der Waals surface area (Å²) in [4.78, 5) is 31.5. The second-order valence-electron chi connectivity index (χ2n) is 8.82. The van der Waals surface area contributed by atoms with Crippen molar-refractivity contribution in [2.75, 3.05) is 26.9 Å². The first-order chi connectivity index (χ1) is 16.5. The maximum atomic E-state index is 13.3. The fourth-order valence-electron chi connectivity index (χ4n) is 5.10. The number of carbonyl (C=O) groups is 2. The number of Topliss-reactive ketones (excluding diaryl/α,β-unsaturated/α-hetero) is 1. The van der Waals surface area contributed by atoms with Crippen LogP contribution in [0.15, 0.2) is 48.0 Å². The molecule has 34 heavy (non-hydrogen) atoms. The number of ketones is 1. The summed E-state index contributed by atoms with van der Waals surface area (Å²) in [5.74, 6) is -0.630. The predicted molar refractivity (Wildman–Crippen MR) is 129 cm³/mol. The summed E-state index contributed by atoms with van der Waals surface area (Å²) in [6.45, 7) is 3.41. The van der Waals surface area contributed by atoms with Crippen LogP contribution in [-0.2, 0) is 20.7 Å². The number of likely N-dealkylation sites (tertiary alicyclic amines) is 1. The predicted octanol–water partition coefficient (Wildman–Crippen LogP) is 4.26. The van der Waals surface area contributed by atoms with Gasteiger partial charge in [-0.05, 0) is 56.0 Å². The number of nitrogens with one attached hydrogen (secondary N) is 1. The highest BCUT2D eigenvalue weighted by Crippen LogP contribution is 2.43. The van der Waals surface area contributed by atoms with E-state index in [1.807, 2.05) is 43.3 Å². The Morgan fingerprint density at radius 2 is 2.06 bits per heavy atom. The van der Waals surface area contributed by atoms with E-state index in [1.165, 1.54) is 0 Å². The van der Waals surface area contributed by atoms with E-state index in [9.17, 15) is 14.7 Å². The summed E-state index contributed by atoms with van der Waals surface area (Å²) in [7, 11) is 1.61. The monoisotopic (exact) mass is 460 g/mol. The minimum absolute atomic E-state index is 0.118. The van der Waals surface area contributed by atoms with E-state index in [1.54, 1.807) is 18.1 Å². The molecule has 1 saturated heterocycles. The molecule has 2 aliphatic heterocycles. The molecule has 3 heterocycles. The van der Waals surface area contributed by atoms with Gasteiger partial charge in [0.05, 0.1) is 18.2 Å². The average Bonchev–Trinajstić information content (AvgIpc) is 3.31. The van der Waals surface area contributed by atoms with Gasteiger partial charge in [-0.3, -0.25) is 9.59 Å². The molecule has 2 aliphatic rings. The Balaban J connectivity index is 1.68. The van der Waals surface area contributed by atoms with Crippen LogP contribution >= 0.6 is 0 Å². The third-order valence-corrected chi connectivity index (χ3v) is 6.69. The molecule has 3 aromatic rings. The van der Waals surface area contributed by atoms with Gasteiger partial charge in [-0.2, -0.15) is 0 Å². The van der Waals surface area contributed by atoms with Gasteiger partial charge in [0.25, 0.3) is 11.7 Å². The maximum absolute atomic E-state index is 13.3. The third kappa shape index (κ3) is 3.66. The SMILES string of the molecule is COCCCN1C(=O)C(=O)/C(=C(/O)c2ccc3c(c2)CCCO3)C1c1c(C)[nH]c2ccccc12. The molecule has 0 radical (unpaired) electrons. The van der Waals surface area contributed by atoms with Crippen molar-refractivity contribution in [2.24, 2.45) is 0 Å². The quantitative estimate of drug-likeness (QED) is 0.248. The number of methoxy groups -OCH3 is 1. The summed E-state index contributed by atoms with van der Waals surface area (Å²) >= 11 is 0. The highest BCUT2D eigenvalue weighted by molar-refractivity contribution is 6.46. The van der Waals surface area contributed by atoms with E-state index in [-0.39, 0.29) is 11.3 Å². The molecule has 7 heteroatoms. The number of fused-ring (bicyclic) bond motifs is 2. The van der Waals surface area contributed by atoms with Crippen LogP contribution in [0.25, 0.3) is 16.7 Å². The molecular weight excluding hydrogens is 432 g/mol. The molecule has 176 valence electrons. The van der Waals surface area contributed by atoms with Crippen LogP contribution in [0.3, 0.4) is 0 Å². The van der Waals surface area contributed by atoms with Crippen LogP contribution in [0.4, 0.5) is 0 Å². The molecule has 2 aromatic carbocycles. The van der Waals surface area contributed by atoms with Gasteiger partial charge in [0, 0.05) is 48.0 Å². The number of benzene rings is 2. The zero-order chi connectivity index (χ0) is 23.8. The fraction of sp³-hybridized carbons (Fsp3) is 0.333. The van der Waals surface area contributed by atoms with Crippen LogP contribution < -0.4 is 4.74 Å². The number of hydrogen-bond donors (Lipinski definition) is 2. The number of aliphatic hydroxyl groups excluding tert-OH is 1. The number of aliphatic hydroxyl groups is 1. The number of carbonyl (C=O) groups excluding carboxylic acids is 2. The molecule has 0 aliphatic carbocycles. The van der Waals surface area contributed by atoms with E-state index in [0.717, 1.165) is 46.3 Å². The largest absolute Gasteiger partial charge is 0.507 e. The smallest absolute Gasteiger partial charge is 0.295 e. The van der Waals surface area contributed by atoms with Gasteiger partial charge >= 0.3 is 0 Å². The second-order valence-corrected chi connectivity index (χ2v) is 8.82.